The lowest BCUT2D eigenvalue weighted by molar-refractivity contribution is -0.125. The summed E-state index contributed by atoms with van der Waals surface area (Å²) < 4.78 is 0. The van der Waals surface area contributed by atoms with Gasteiger partial charge in [0, 0.05) is 5.56 Å². The number of amides is 2. The first-order valence-electron chi connectivity index (χ1n) is 7.30. The van der Waals surface area contributed by atoms with Crippen molar-refractivity contribution in [2.75, 3.05) is 11.9 Å². The first-order valence-corrected chi connectivity index (χ1v) is 8.49. The van der Waals surface area contributed by atoms with Crippen molar-refractivity contribution in [2.45, 2.75) is 19.9 Å². The predicted octanol–water partition coefficient (Wildman–Crippen LogP) is 1.90. The molecule has 1 heterocycles. The van der Waals surface area contributed by atoms with E-state index in [4.69, 9.17) is 17.3 Å². The number of halogens is 1. The lowest BCUT2D eigenvalue weighted by atomic mass is 10.1. The number of nitrogens with two attached hydrogens (primary N) is 1. The summed E-state index contributed by atoms with van der Waals surface area (Å²) in [6.07, 6.45) is 0. The van der Waals surface area contributed by atoms with Crippen molar-refractivity contribution in [1.82, 2.24) is 15.5 Å². The Bertz CT molecular complexity index is 734. The average Bonchev–Trinajstić information content (AvgIpc) is 3.00. The molecule has 1 atom stereocenters. The van der Waals surface area contributed by atoms with Gasteiger partial charge in [-0.2, -0.15) is 0 Å². The Morgan fingerprint density at radius 3 is 2.67 bits per heavy atom. The number of carbonyl (C=O) groups is 2. The highest BCUT2D eigenvalue weighted by molar-refractivity contribution is 7.18. The molecule has 0 saturated carbocycles. The van der Waals surface area contributed by atoms with Crippen LogP contribution in [0.2, 0.25) is 5.02 Å². The molecule has 0 radical (unpaired) electrons. The Morgan fingerprint density at radius 2 is 2.00 bits per heavy atom. The molecule has 1 aromatic heterocycles. The number of carbonyl (C=O) groups excluding carboxylic acids is 2. The van der Waals surface area contributed by atoms with Gasteiger partial charge in [-0.3, -0.25) is 14.9 Å². The van der Waals surface area contributed by atoms with Gasteiger partial charge in [0.25, 0.3) is 0 Å². The van der Waals surface area contributed by atoms with E-state index in [0.29, 0.717) is 15.2 Å². The molecule has 24 heavy (non-hydrogen) atoms. The monoisotopic (exact) mass is 367 g/mol. The van der Waals surface area contributed by atoms with Gasteiger partial charge in [-0.25, -0.2) is 0 Å². The van der Waals surface area contributed by atoms with Gasteiger partial charge >= 0.3 is 0 Å². The number of hydrogen-bond acceptors (Lipinski definition) is 6. The quantitative estimate of drug-likeness (QED) is 0.722. The molecule has 2 aromatic rings. The van der Waals surface area contributed by atoms with E-state index in [0.717, 1.165) is 5.56 Å². The minimum absolute atomic E-state index is 0.00518. The molecule has 0 spiro atoms. The van der Waals surface area contributed by atoms with E-state index in [1.165, 1.54) is 11.3 Å². The fraction of sp³-hybridized carbons (Fsp3) is 0.333. The van der Waals surface area contributed by atoms with Gasteiger partial charge in [-0.15, -0.1) is 10.2 Å². The Morgan fingerprint density at radius 1 is 1.29 bits per heavy atom. The lowest BCUT2D eigenvalue weighted by Crippen LogP contribution is -2.46. The smallest absolute Gasteiger partial charge is 0.245 e. The summed E-state index contributed by atoms with van der Waals surface area (Å²) in [7, 11) is 0. The zero-order valence-electron chi connectivity index (χ0n) is 13.2. The van der Waals surface area contributed by atoms with Crippen molar-refractivity contribution in [3.8, 4) is 10.6 Å². The number of nitrogens with one attached hydrogen (secondary N) is 2. The van der Waals surface area contributed by atoms with Crippen molar-refractivity contribution in [1.29, 1.82) is 0 Å². The van der Waals surface area contributed by atoms with Crippen molar-refractivity contribution in [2.24, 2.45) is 11.7 Å². The molecule has 2 amide bonds. The van der Waals surface area contributed by atoms with Gasteiger partial charge in [0.05, 0.1) is 17.6 Å². The standard InChI is InChI=1S/C15H18ClN5O2S/c1-8(2)12(17)13(23)18-7-11(22)19-15-21-20-14(24-15)9-5-3-4-6-10(9)16/h3-6,8,12H,7,17H2,1-2H3,(H,18,23)(H,19,21,22)/t12-/m0/s1. The van der Waals surface area contributed by atoms with Gasteiger partial charge in [0.1, 0.15) is 0 Å². The van der Waals surface area contributed by atoms with Gasteiger partial charge in [0.15, 0.2) is 5.01 Å². The second kappa shape index (κ2) is 8.18. The normalized spacial score (nSPS) is 12.0. The molecule has 0 aliphatic rings. The summed E-state index contributed by atoms with van der Waals surface area (Å²) in [6, 6.07) is 6.59. The fourth-order valence-electron chi connectivity index (χ4n) is 1.77. The van der Waals surface area contributed by atoms with Crippen LogP contribution in [0.15, 0.2) is 24.3 Å². The van der Waals surface area contributed by atoms with E-state index in [2.05, 4.69) is 20.8 Å². The molecule has 2 rings (SSSR count). The Kier molecular flexibility index (Phi) is 6.24. The van der Waals surface area contributed by atoms with Crippen LogP contribution in [0.4, 0.5) is 5.13 Å². The van der Waals surface area contributed by atoms with Crippen LogP contribution in [0.1, 0.15) is 13.8 Å². The lowest BCUT2D eigenvalue weighted by Gasteiger charge is -2.14. The third-order valence-corrected chi connectivity index (χ3v) is 4.42. The minimum Gasteiger partial charge on any atom is -0.346 e. The molecule has 1 aromatic carbocycles. The topological polar surface area (TPSA) is 110 Å². The molecular formula is C15H18ClN5O2S. The van der Waals surface area contributed by atoms with E-state index in [1.54, 1.807) is 6.07 Å². The maximum absolute atomic E-state index is 11.9. The van der Waals surface area contributed by atoms with Crippen LogP contribution in [0.25, 0.3) is 10.6 Å². The van der Waals surface area contributed by atoms with Crippen LogP contribution in [0.3, 0.4) is 0 Å². The number of aromatic nitrogens is 2. The predicted molar refractivity (Wildman–Crippen MR) is 94.8 cm³/mol. The Balaban J connectivity index is 1.92. The summed E-state index contributed by atoms with van der Waals surface area (Å²) >= 11 is 7.30. The summed E-state index contributed by atoms with van der Waals surface area (Å²) in [6.45, 7) is 3.49. The zero-order chi connectivity index (χ0) is 17.7. The maximum atomic E-state index is 11.9. The van der Waals surface area contributed by atoms with Crippen molar-refractivity contribution in [3.05, 3.63) is 29.3 Å². The van der Waals surface area contributed by atoms with Gasteiger partial charge in [-0.1, -0.05) is 55.0 Å². The van der Waals surface area contributed by atoms with Crippen molar-refractivity contribution >= 4 is 39.9 Å². The highest BCUT2D eigenvalue weighted by Gasteiger charge is 2.18. The van der Waals surface area contributed by atoms with Gasteiger partial charge in [0.2, 0.25) is 16.9 Å². The third-order valence-electron chi connectivity index (χ3n) is 3.22. The molecule has 128 valence electrons. The molecule has 7 nitrogen and oxygen atoms in total. The molecule has 0 aliphatic carbocycles. The fourth-order valence-corrected chi connectivity index (χ4v) is 2.85. The number of hydrogen-bond donors (Lipinski definition) is 3. The summed E-state index contributed by atoms with van der Waals surface area (Å²) in [5, 5.41) is 14.5. The van der Waals surface area contributed by atoms with Gasteiger partial charge in [-0.05, 0) is 12.0 Å². The summed E-state index contributed by atoms with van der Waals surface area (Å²) in [5.74, 6) is -0.773. The van der Waals surface area contributed by atoms with Crippen LogP contribution in [0, 0.1) is 5.92 Å². The molecule has 4 N–H and O–H groups in total. The number of nitrogens with zero attached hydrogens (tertiary/aromatic N) is 2. The molecule has 0 unspecified atom stereocenters. The van der Waals surface area contributed by atoms with Crippen molar-refractivity contribution in [3.63, 3.8) is 0 Å². The molecular weight excluding hydrogens is 350 g/mol. The first-order chi connectivity index (χ1) is 11.4. The van der Waals surface area contributed by atoms with Crippen LogP contribution in [-0.4, -0.2) is 34.6 Å². The largest absolute Gasteiger partial charge is 0.346 e. The van der Waals surface area contributed by atoms with E-state index in [1.807, 2.05) is 32.0 Å². The molecule has 0 saturated heterocycles. The van der Waals surface area contributed by atoms with E-state index >= 15 is 0 Å². The molecule has 9 heteroatoms. The second-order valence-electron chi connectivity index (χ2n) is 5.43. The van der Waals surface area contributed by atoms with E-state index < -0.39 is 11.9 Å². The zero-order valence-corrected chi connectivity index (χ0v) is 14.8. The number of benzene rings is 1. The second-order valence-corrected chi connectivity index (χ2v) is 6.81. The highest BCUT2D eigenvalue weighted by Crippen LogP contribution is 2.31. The van der Waals surface area contributed by atoms with Crippen LogP contribution in [-0.2, 0) is 9.59 Å². The van der Waals surface area contributed by atoms with E-state index in [-0.39, 0.29) is 18.4 Å². The number of anilines is 1. The summed E-state index contributed by atoms with van der Waals surface area (Å²) in [4.78, 5) is 23.6. The molecule has 0 aliphatic heterocycles. The highest BCUT2D eigenvalue weighted by atomic mass is 35.5. The van der Waals surface area contributed by atoms with Gasteiger partial charge < -0.3 is 11.1 Å². The van der Waals surface area contributed by atoms with Crippen LogP contribution in [0.5, 0.6) is 0 Å². The number of rotatable bonds is 6. The van der Waals surface area contributed by atoms with Crippen LogP contribution >= 0.6 is 22.9 Å². The molecule has 0 bridgehead atoms. The van der Waals surface area contributed by atoms with Crippen molar-refractivity contribution < 1.29 is 9.59 Å². The minimum atomic E-state index is -0.647. The van der Waals surface area contributed by atoms with E-state index in [9.17, 15) is 9.59 Å². The third kappa shape index (κ3) is 4.73. The van der Waals surface area contributed by atoms with Crippen LogP contribution < -0.4 is 16.4 Å². The SMILES string of the molecule is CC(C)[C@H](N)C(=O)NCC(=O)Nc1nnc(-c2ccccc2Cl)s1. The Hall–Kier alpha value is -2.03. The maximum Gasteiger partial charge on any atom is 0.245 e. The molecule has 0 fully saturated rings. The first kappa shape index (κ1) is 18.3. The Labute approximate surface area is 148 Å². The summed E-state index contributed by atoms with van der Waals surface area (Å²) in [5.41, 5.74) is 6.45. The average molecular weight is 368 g/mol.